The monoisotopic (exact) mass is 275 g/mol. The number of carbonyl (C=O) groups excluding carboxylic acids is 1. The second-order valence-corrected chi connectivity index (χ2v) is 4.58. The molecular formula is C12H12ClF2NO2. The smallest absolute Gasteiger partial charge is 0.224 e. The summed E-state index contributed by atoms with van der Waals surface area (Å²) in [4.78, 5) is 11.7. The van der Waals surface area contributed by atoms with Crippen LogP contribution in [0.2, 0.25) is 5.02 Å². The van der Waals surface area contributed by atoms with Gasteiger partial charge in [-0.15, -0.1) is 0 Å². The predicted octanol–water partition coefficient (Wildman–Crippen LogP) is 2.98. The van der Waals surface area contributed by atoms with Gasteiger partial charge >= 0.3 is 0 Å². The van der Waals surface area contributed by atoms with Crippen LogP contribution in [0, 0.1) is 17.6 Å². The molecule has 1 atom stereocenters. The van der Waals surface area contributed by atoms with E-state index in [1.165, 1.54) is 6.07 Å². The van der Waals surface area contributed by atoms with Crippen molar-refractivity contribution < 1.29 is 18.3 Å². The minimum absolute atomic E-state index is 0.0829. The van der Waals surface area contributed by atoms with Gasteiger partial charge in [0.1, 0.15) is 5.02 Å². The molecule has 3 nitrogen and oxygen atoms in total. The number of halogens is 3. The molecule has 18 heavy (non-hydrogen) atoms. The van der Waals surface area contributed by atoms with E-state index in [-0.39, 0.29) is 23.9 Å². The van der Waals surface area contributed by atoms with Crippen molar-refractivity contribution in [2.24, 2.45) is 5.92 Å². The zero-order chi connectivity index (χ0) is 13.1. The number of anilines is 1. The molecule has 1 fully saturated rings. The summed E-state index contributed by atoms with van der Waals surface area (Å²) in [5, 5.41) is 2.06. The zero-order valence-electron chi connectivity index (χ0n) is 9.51. The molecule has 98 valence electrons. The number of nitrogens with one attached hydrogen (secondary N) is 1. The molecule has 0 saturated carbocycles. The van der Waals surface area contributed by atoms with Crippen molar-refractivity contribution in [3.63, 3.8) is 0 Å². The second-order valence-electron chi connectivity index (χ2n) is 4.20. The molecule has 6 heteroatoms. The second kappa shape index (κ2) is 5.63. The average Bonchev–Trinajstić information content (AvgIpc) is 2.83. The van der Waals surface area contributed by atoms with Crippen molar-refractivity contribution in [2.75, 3.05) is 18.5 Å². The van der Waals surface area contributed by atoms with Crippen molar-refractivity contribution in [1.29, 1.82) is 0 Å². The Bertz CT molecular complexity index is 462. The maximum atomic E-state index is 13.2. The molecule has 1 saturated heterocycles. The Morgan fingerprint density at radius 3 is 2.94 bits per heavy atom. The van der Waals surface area contributed by atoms with Crippen LogP contribution in [-0.4, -0.2) is 19.1 Å². The Morgan fingerprint density at radius 1 is 1.50 bits per heavy atom. The Hall–Kier alpha value is -1.20. The lowest BCUT2D eigenvalue weighted by Gasteiger charge is -2.10. The van der Waals surface area contributed by atoms with Gasteiger partial charge in [0.15, 0.2) is 11.6 Å². The van der Waals surface area contributed by atoms with E-state index in [1.807, 2.05) is 0 Å². The fourth-order valence-corrected chi connectivity index (χ4v) is 2.03. The van der Waals surface area contributed by atoms with Crippen LogP contribution >= 0.6 is 11.6 Å². The Morgan fingerprint density at radius 2 is 2.28 bits per heavy atom. The molecule has 1 heterocycles. The van der Waals surface area contributed by atoms with E-state index >= 15 is 0 Å². The normalized spacial score (nSPS) is 18.9. The van der Waals surface area contributed by atoms with Gasteiger partial charge in [-0.2, -0.15) is 0 Å². The van der Waals surface area contributed by atoms with Crippen LogP contribution in [0.3, 0.4) is 0 Å². The highest BCUT2D eigenvalue weighted by molar-refractivity contribution is 6.33. The lowest BCUT2D eigenvalue weighted by molar-refractivity contribution is -0.117. The molecular weight excluding hydrogens is 264 g/mol. The minimum atomic E-state index is -1.15. The van der Waals surface area contributed by atoms with Crippen LogP contribution < -0.4 is 5.32 Å². The van der Waals surface area contributed by atoms with E-state index in [0.29, 0.717) is 13.2 Å². The first-order chi connectivity index (χ1) is 8.58. The van der Waals surface area contributed by atoms with Gasteiger partial charge < -0.3 is 10.1 Å². The van der Waals surface area contributed by atoms with Gasteiger partial charge in [0, 0.05) is 19.6 Å². The fourth-order valence-electron chi connectivity index (χ4n) is 1.83. The van der Waals surface area contributed by atoms with E-state index in [1.54, 1.807) is 0 Å². The summed E-state index contributed by atoms with van der Waals surface area (Å²) in [7, 11) is 0. The zero-order valence-corrected chi connectivity index (χ0v) is 10.3. The number of ether oxygens (including phenoxy) is 1. The largest absolute Gasteiger partial charge is 0.381 e. The lowest BCUT2D eigenvalue weighted by Crippen LogP contribution is -2.17. The van der Waals surface area contributed by atoms with E-state index in [4.69, 9.17) is 16.3 Å². The maximum absolute atomic E-state index is 13.2. The summed E-state index contributed by atoms with van der Waals surface area (Å²) in [6.07, 6.45) is 1.12. The molecule has 0 aromatic heterocycles. The summed E-state index contributed by atoms with van der Waals surface area (Å²) in [6.45, 7) is 1.21. The highest BCUT2D eigenvalue weighted by Gasteiger charge is 2.20. The topological polar surface area (TPSA) is 38.3 Å². The van der Waals surface area contributed by atoms with E-state index in [9.17, 15) is 13.6 Å². The molecule has 0 bridgehead atoms. The fraction of sp³-hybridized carbons (Fsp3) is 0.417. The number of benzene rings is 1. The van der Waals surface area contributed by atoms with Crippen LogP contribution in [0.25, 0.3) is 0 Å². The van der Waals surface area contributed by atoms with E-state index < -0.39 is 16.7 Å². The van der Waals surface area contributed by atoms with Crippen molar-refractivity contribution in [3.05, 3.63) is 28.8 Å². The highest BCUT2D eigenvalue weighted by Crippen LogP contribution is 2.27. The van der Waals surface area contributed by atoms with Crippen LogP contribution in [0.1, 0.15) is 12.8 Å². The Balaban J connectivity index is 2.00. The van der Waals surface area contributed by atoms with E-state index in [0.717, 1.165) is 12.5 Å². The van der Waals surface area contributed by atoms with Crippen LogP contribution in [0.4, 0.5) is 14.5 Å². The van der Waals surface area contributed by atoms with Crippen molar-refractivity contribution in [3.8, 4) is 0 Å². The van der Waals surface area contributed by atoms with Crippen molar-refractivity contribution in [2.45, 2.75) is 12.8 Å². The molecule has 1 aliphatic heterocycles. The van der Waals surface area contributed by atoms with Crippen LogP contribution in [-0.2, 0) is 9.53 Å². The van der Waals surface area contributed by atoms with Gasteiger partial charge in [0.2, 0.25) is 5.91 Å². The van der Waals surface area contributed by atoms with Crippen LogP contribution in [0.15, 0.2) is 12.1 Å². The first kappa shape index (κ1) is 13.2. The summed E-state index contributed by atoms with van der Waals surface area (Å²) < 4.78 is 31.2. The molecule has 0 aliphatic carbocycles. The first-order valence-electron chi connectivity index (χ1n) is 5.59. The molecule has 0 radical (unpaired) electrons. The quantitative estimate of drug-likeness (QED) is 0.861. The van der Waals surface area contributed by atoms with Gasteiger partial charge in [0.25, 0.3) is 0 Å². The number of carbonyl (C=O) groups is 1. The third kappa shape index (κ3) is 2.97. The van der Waals surface area contributed by atoms with Gasteiger partial charge in [0.05, 0.1) is 5.69 Å². The molecule has 1 unspecified atom stereocenters. The number of amides is 1. The first-order valence-corrected chi connectivity index (χ1v) is 5.97. The minimum Gasteiger partial charge on any atom is -0.381 e. The average molecular weight is 276 g/mol. The summed E-state index contributed by atoms with van der Waals surface area (Å²) in [5.74, 6) is -2.30. The number of rotatable bonds is 3. The number of hydrogen-bond donors (Lipinski definition) is 1. The van der Waals surface area contributed by atoms with Gasteiger partial charge in [-0.1, -0.05) is 11.6 Å². The highest BCUT2D eigenvalue weighted by atomic mass is 35.5. The third-order valence-electron chi connectivity index (χ3n) is 2.81. The van der Waals surface area contributed by atoms with Crippen molar-refractivity contribution >= 4 is 23.2 Å². The molecule has 1 amide bonds. The standard InChI is InChI=1S/C12H12ClF2NO2/c13-11-9(2-1-8(14)12(11)15)16-10(17)5-7-3-4-18-6-7/h1-2,7H,3-6H2,(H,16,17). The van der Waals surface area contributed by atoms with Crippen LogP contribution in [0.5, 0.6) is 0 Å². The maximum Gasteiger partial charge on any atom is 0.224 e. The predicted molar refractivity (Wildman–Crippen MR) is 63.5 cm³/mol. The molecule has 0 spiro atoms. The van der Waals surface area contributed by atoms with Gasteiger partial charge in [-0.05, 0) is 24.5 Å². The molecule has 2 rings (SSSR count). The van der Waals surface area contributed by atoms with Gasteiger partial charge in [-0.25, -0.2) is 8.78 Å². The summed E-state index contributed by atoms with van der Waals surface area (Å²) in [5.41, 5.74) is 0.0829. The summed E-state index contributed by atoms with van der Waals surface area (Å²) in [6, 6.07) is 2.17. The van der Waals surface area contributed by atoms with Gasteiger partial charge in [-0.3, -0.25) is 4.79 Å². The van der Waals surface area contributed by atoms with Crippen molar-refractivity contribution in [1.82, 2.24) is 0 Å². The Labute approximate surface area is 108 Å². The Kier molecular flexibility index (Phi) is 4.14. The lowest BCUT2D eigenvalue weighted by atomic mass is 10.0. The number of hydrogen-bond acceptors (Lipinski definition) is 2. The third-order valence-corrected chi connectivity index (χ3v) is 3.18. The van der Waals surface area contributed by atoms with E-state index in [2.05, 4.69) is 5.32 Å². The molecule has 1 N–H and O–H groups in total. The summed E-state index contributed by atoms with van der Waals surface area (Å²) >= 11 is 5.60. The molecule has 1 aliphatic rings. The SMILES string of the molecule is O=C(CC1CCOC1)Nc1ccc(F)c(F)c1Cl. The molecule has 1 aromatic carbocycles. The molecule has 1 aromatic rings.